The maximum atomic E-state index is 12.4. The van der Waals surface area contributed by atoms with Gasteiger partial charge in [0.1, 0.15) is 4.90 Å². The van der Waals surface area contributed by atoms with Crippen molar-refractivity contribution in [1.82, 2.24) is 19.8 Å². The minimum absolute atomic E-state index is 0.147. The van der Waals surface area contributed by atoms with E-state index in [1.807, 2.05) is 0 Å². The summed E-state index contributed by atoms with van der Waals surface area (Å²) in [5.41, 5.74) is 0.880. The van der Waals surface area contributed by atoms with E-state index in [4.69, 9.17) is 0 Å². The van der Waals surface area contributed by atoms with E-state index in [-0.39, 0.29) is 23.9 Å². The number of hydrogen-bond acceptors (Lipinski definition) is 4. The molecule has 8 heteroatoms. The fourth-order valence-corrected chi connectivity index (χ4v) is 3.39. The third kappa shape index (κ3) is 2.70. The van der Waals surface area contributed by atoms with E-state index < -0.39 is 10.0 Å². The predicted molar refractivity (Wildman–Crippen MR) is 66.6 cm³/mol. The number of amides is 1. The molecule has 1 heterocycles. The highest BCUT2D eigenvalue weighted by molar-refractivity contribution is 7.89. The number of hydrogen-bond donors (Lipinski definition) is 2. The summed E-state index contributed by atoms with van der Waals surface area (Å²) < 4.78 is 25.9. The molecule has 102 valence electrons. The molecular formula is C10H18N4O3S. The summed E-state index contributed by atoms with van der Waals surface area (Å²) in [6.45, 7) is 4.97. The lowest BCUT2D eigenvalue weighted by molar-refractivity contribution is -0.120. The van der Waals surface area contributed by atoms with Crippen LogP contribution >= 0.6 is 0 Å². The third-order valence-electron chi connectivity index (χ3n) is 2.61. The monoisotopic (exact) mass is 274 g/mol. The van der Waals surface area contributed by atoms with Gasteiger partial charge in [-0.3, -0.25) is 9.89 Å². The van der Waals surface area contributed by atoms with Crippen LogP contribution in [0.25, 0.3) is 0 Å². The lowest BCUT2D eigenvalue weighted by atomic mass is 10.4. The van der Waals surface area contributed by atoms with Crippen molar-refractivity contribution >= 4 is 15.9 Å². The van der Waals surface area contributed by atoms with E-state index in [0.29, 0.717) is 11.4 Å². The number of aryl methyl sites for hydroxylation is 2. The number of rotatable bonds is 5. The van der Waals surface area contributed by atoms with Crippen LogP contribution in [0.3, 0.4) is 0 Å². The van der Waals surface area contributed by atoms with Crippen LogP contribution in [0.4, 0.5) is 0 Å². The number of H-pyrrole nitrogens is 1. The van der Waals surface area contributed by atoms with Crippen LogP contribution in [-0.2, 0) is 14.8 Å². The molecule has 1 rings (SSSR count). The van der Waals surface area contributed by atoms with E-state index in [0.717, 1.165) is 4.31 Å². The molecule has 0 radical (unpaired) electrons. The molecule has 0 aromatic carbocycles. The van der Waals surface area contributed by atoms with Crippen LogP contribution in [-0.4, -0.2) is 49.0 Å². The molecule has 0 aliphatic carbocycles. The normalized spacial score (nSPS) is 11.8. The van der Waals surface area contributed by atoms with Crippen molar-refractivity contribution < 1.29 is 13.2 Å². The molecule has 0 unspecified atom stereocenters. The summed E-state index contributed by atoms with van der Waals surface area (Å²) in [5.74, 6) is -0.348. The summed E-state index contributed by atoms with van der Waals surface area (Å²) >= 11 is 0. The minimum Gasteiger partial charge on any atom is -0.358 e. The van der Waals surface area contributed by atoms with Crippen LogP contribution in [0.2, 0.25) is 0 Å². The predicted octanol–water partition coefficient (Wildman–Crippen LogP) is -0.217. The van der Waals surface area contributed by atoms with Crippen LogP contribution in [0.1, 0.15) is 18.3 Å². The molecule has 0 saturated carbocycles. The van der Waals surface area contributed by atoms with Gasteiger partial charge >= 0.3 is 0 Å². The topological polar surface area (TPSA) is 95.2 Å². The molecule has 1 aromatic rings. The first-order chi connectivity index (χ1) is 8.34. The number of carbonyl (C=O) groups excluding carboxylic acids is 1. The first-order valence-electron chi connectivity index (χ1n) is 5.56. The number of sulfonamides is 1. The number of nitrogens with one attached hydrogen (secondary N) is 2. The van der Waals surface area contributed by atoms with Crippen molar-refractivity contribution in [3.63, 3.8) is 0 Å². The van der Waals surface area contributed by atoms with Crippen LogP contribution < -0.4 is 5.32 Å². The summed E-state index contributed by atoms with van der Waals surface area (Å²) in [5, 5.41) is 8.91. The van der Waals surface area contributed by atoms with Gasteiger partial charge in [0.25, 0.3) is 0 Å². The highest BCUT2D eigenvalue weighted by atomic mass is 32.2. The smallest absolute Gasteiger partial charge is 0.247 e. The van der Waals surface area contributed by atoms with Crippen molar-refractivity contribution in [2.45, 2.75) is 25.7 Å². The molecule has 2 N–H and O–H groups in total. The summed E-state index contributed by atoms with van der Waals surface area (Å²) in [6.07, 6.45) is 0. The Labute approximate surface area is 107 Å². The first kappa shape index (κ1) is 14.7. The van der Waals surface area contributed by atoms with Gasteiger partial charge in [0.2, 0.25) is 15.9 Å². The summed E-state index contributed by atoms with van der Waals surface area (Å²) in [7, 11) is -2.23. The van der Waals surface area contributed by atoms with Crippen LogP contribution in [0.15, 0.2) is 4.90 Å². The quantitative estimate of drug-likeness (QED) is 0.776. The molecule has 0 aliphatic rings. The van der Waals surface area contributed by atoms with Gasteiger partial charge in [-0.15, -0.1) is 0 Å². The average molecular weight is 274 g/mol. The van der Waals surface area contributed by atoms with Crippen molar-refractivity contribution in [1.29, 1.82) is 0 Å². The minimum atomic E-state index is -3.70. The Bertz CT molecular complexity index is 516. The lowest BCUT2D eigenvalue weighted by Crippen LogP contribution is -2.39. The average Bonchev–Trinajstić information content (AvgIpc) is 2.65. The molecule has 0 spiro atoms. The molecule has 0 bridgehead atoms. The molecule has 1 aromatic heterocycles. The van der Waals surface area contributed by atoms with Gasteiger partial charge in [0.15, 0.2) is 0 Å². The van der Waals surface area contributed by atoms with Crippen LogP contribution in [0, 0.1) is 13.8 Å². The molecule has 0 fully saturated rings. The number of likely N-dealkylation sites (N-methyl/N-ethyl adjacent to an activating group) is 2. The van der Waals surface area contributed by atoms with Crippen molar-refractivity contribution in [3.8, 4) is 0 Å². The SMILES string of the molecule is CCN(CC(=O)NC)S(=O)(=O)c1c(C)n[nH]c1C. The Morgan fingerprint density at radius 2 is 2.06 bits per heavy atom. The van der Waals surface area contributed by atoms with Gasteiger partial charge in [-0.25, -0.2) is 8.42 Å². The highest BCUT2D eigenvalue weighted by Gasteiger charge is 2.29. The molecule has 1 amide bonds. The molecular weight excluding hydrogens is 256 g/mol. The second kappa shape index (κ2) is 5.49. The Hall–Kier alpha value is -1.41. The zero-order valence-electron chi connectivity index (χ0n) is 10.9. The fraction of sp³-hybridized carbons (Fsp3) is 0.600. The lowest BCUT2D eigenvalue weighted by Gasteiger charge is -2.19. The van der Waals surface area contributed by atoms with E-state index in [2.05, 4.69) is 15.5 Å². The number of nitrogens with zero attached hydrogens (tertiary/aromatic N) is 2. The van der Waals surface area contributed by atoms with E-state index in [1.165, 1.54) is 7.05 Å². The Balaban J connectivity index is 3.15. The second-order valence-electron chi connectivity index (χ2n) is 3.87. The van der Waals surface area contributed by atoms with Gasteiger partial charge in [0.05, 0.1) is 17.9 Å². The number of aromatic amines is 1. The van der Waals surface area contributed by atoms with Crippen molar-refractivity contribution in [2.24, 2.45) is 0 Å². The van der Waals surface area contributed by atoms with E-state index in [1.54, 1.807) is 20.8 Å². The summed E-state index contributed by atoms with van der Waals surface area (Å²) in [6, 6.07) is 0. The Morgan fingerprint density at radius 1 is 1.44 bits per heavy atom. The van der Waals surface area contributed by atoms with E-state index >= 15 is 0 Å². The number of carbonyl (C=O) groups is 1. The molecule has 7 nitrogen and oxygen atoms in total. The zero-order valence-corrected chi connectivity index (χ0v) is 11.8. The zero-order chi connectivity index (χ0) is 13.9. The van der Waals surface area contributed by atoms with Gasteiger partial charge in [-0.1, -0.05) is 6.92 Å². The van der Waals surface area contributed by atoms with Crippen molar-refractivity contribution in [3.05, 3.63) is 11.4 Å². The third-order valence-corrected chi connectivity index (χ3v) is 4.79. The second-order valence-corrected chi connectivity index (χ2v) is 5.74. The molecule has 0 atom stereocenters. The largest absolute Gasteiger partial charge is 0.358 e. The van der Waals surface area contributed by atoms with Gasteiger partial charge in [-0.05, 0) is 13.8 Å². The van der Waals surface area contributed by atoms with Crippen molar-refractivity contribution in [2.75, 3.05) is 20.1 Å². The van der Waals surface area contributed by atoms with Crippen LogP contribution in [0.5, 0.6) is 0 Å². The van der Waals surface area contributed by atoms with Gasteiger partial charge in [0, 0.05) is 13.6 Å². The van der Waals surface area contributed by atoms with E-state index in [9.17, 15) is 13.2 Å². The number of aromatic nitrogens is 2. The first-order valence-corrected chi connectivity index (χ1v) is 7.00. The fourth-order valence-electron chi connectivity index (χ4n) is 1.66. The maximum Gasteiger partial charge on any atom is 0.247 e. The standard InChI is InChI=1S/C10H18N4O3S/c1-5-14(6-9(15)11-4)18(16,17)10-7(2)12-13-8(10)3/h5-6H2,1-4H3,(H,11,15)(H,12,13). The Morgan fingerprint density at radius 3 is 2.44 bits per heavy atom. The molecule has 18 heavy (non-hydrogen) atoms. The highest BCUT2D eigenvalue weighted by Crippen LogP contribution is 2.21. The molecule has 0 saturated heterocycles. The Kier molecular flexibility index (Phi) is 4.47. The van der Waals surface area contributed by atoms with Gasteiger partial charge < -0.3 is 5.32 Å². The maximum absolute atomic E-state index is 12.4. The summed E-state index contributed by atoms with van der Waals surface area (Å²) in [4.78, 5) is 11.5. The van der Waals surface area contributed by atoms with Gasteiger partial charge in [-0.2, -0.15) is 9.40 Å². The molecule has 0 aliphatic heterocycles.